The van der Waals surface area contributed by atoms with Crippen LogP contribution in [0.25, 0.3) is 0 Å². The van der Waals surface area contributed by atoms with E-state index in [0.29, 0.717) is 5.69 Å². The molecular weight excluding hydrogens is 290 g/mol. The lowest BCUT2D eigenvalue weighted by atomic mass is 9.91. The van der Waals surface area contributed by atoms with Crippen molar-refractivity contribution in [3.8, 4) is 0 Å². The standard InChI is InChI=1S/C15H23NO4S/c1-5-12(6-2)15(20-21(4,18)19)13-7-9-14(10-8-13)16-11(3)17/h7-10,12,15H,5-6H2,1-4H3,(H,16,17). The lowest BCUT2D eigenvalue weighted by Gasteiger charge is -2.25. The highest BCUT2D eigenvalue weighted by atomic mass is 32.2. The highest BCUT2D eigenvalue weighted by Crippen LogP contribution is 2.32. The van der Waals surface area contributed by atoms with Crippen LogP contribution in [0.15, 0.2) is 24.3 Å². The number of rotatable bonds is 7. The predicted molar refractivity (Wildman–Crippen MR) is 83.5 cm³/mol. The van der Waals surface area contributed by atoms with Gasteiger partial charge in [0.15, 0.2) is 0 Å². The van der Waals surface area contributed by atoms with Gasteiger partial charge in [0.05, 0.1) is 6.26 Å². The topological polar surface area (TPSA) is 72.5 Å². The predicted octanol–water partition coefficient (Wildman–Crippen LogP) is 3.10. The third-order valence-corrected chi connectivity index (χ3v) is 3.87. The molecule has 1 N–H and O–H groups in total. The van der Waals surface area contributed by atoms with E-state index in [1.807, 2.05) is 13.8 Å². The first-order valence-electron chi connectivity index (χ1n) is 7.02. The third-order valence-electron chi connectivity index (χ3n) is 3.31. The molecule has 0 aromatic heterocycles. The Bertz CT molecular complexity index is 562. The van der Waals surface area contributed by atoms with Gasteiger partial charge in [-0.05, 0) is 23.6 Å². The summed E-state index contributed by atoms with van der Waals surface area (Å²) in [6, 6.07) is 7.08. The Kier molecular flexibility index (Phi) is 6.36. The quantitative estimate of drug-likeness (QED) is 0.785. The van der Waals surface area contributed by atoms with Crippen LogP contribution in [0.1, 0.15) is 45.3 Å². The van der Waals surface area contributed by atoms with E-state index in [1.54, 1.807) is 24.3 Å². The maximum Gasteiger partial charge on any atom is 0.264 e. The van der Waals surface area contributed by atoms with E-state index in [2.05, 4.69) is 5.32 Å². The molecule has 118 valence electrons. The molecule has 0 saturated heterocycles. The molecule has 0 aliphatic carbocycles. The molecule has 0 aliphatic heterocycles. The maximum atomic E-state index is 11.5. The van der Waals surface area contributed by atoms with Gasteiger partial charge < -0.3 is 5.32 Å². The molecule has 0 spiro atoms. The number of hydrogen-bond donors (Lipinski definition) is 1. The minimum atomic E-state index is -3.54. The lowest BCUT2D eigenvalue weighted by Crippen LogP contribution is -2.19. The largest absolute Gasteiger partial charge is 0.326 e. The van der Waals surface area contributed by atoms with Gasteiger partial charge in [0.2, 0.25) is 5.91 Å². The van der Waals surface area contributed by atoms with E-state index in [-0.39, 0.29) is 11.8 Å². The summed E-state index contributed by atoms with van der Waals surface area (Å²) in [7, 11) is -3.54. The van der Waals surface area contributed by atoms with Crippen LogP contribution in [-0.4, -0.2) is 20.6 Å². The Morgan fingerprint density at radius 2 is 1.71 bits per heavy atom. The van der Waals surface area contributed by atoms with Crippen molar-refractivity contribution in [1.29, 1.82) is 0 Å². The summed E-state index contributed by atoms with van der Waals surface area (Å²) in [6.07, 6.45) is 2.21. The number of amides is 1. The van der Waals surface area contributed by atoms with Crippen LogP contribution >= 0.6 is 0 Å². The third kappa shape index (κ3) is 5.85. The van der Waals surface area contributed by atoms with Crippen LogP contribution in [0.3, 0.4) is 0 Å². The Hall–Kier alpha value is -1.40. The Labute approximate surface area is 126 Å². The fraction of sp³-hybridized carbons (Fsp3) is 0.533. The van der Waals surface area contributed by atoms with Crippen molar-refractivity contribution in [2.75, 3.05) is 11.6 Å². The van der Waals surface area contributed by atoms with Crippen LogP contribution in [0.4, 0.5) is 5.69 Å². The molecule has 0 radical (unpaired) electrons. The summed E-state index contributed by atoms with van der Waals surface area (Å²) in [5, 5.41) is 2.68. The second kappa shape index (κ2) is 7.56. The first-order valence-corrected chi connectivity index (χ1v) is 8.84. The average molecular weight is 313 g/mol. The van der Waals surface area contributed by atoms with E-state index in [0.717, 1.165) is 24.7 Å². The van der Waals surface area contributed by atoms with Crippen molar-refractivity contribution in [3.63, 3.8) is 0 Å². The van der Waals surface area contributed by atoms with Gasteiger partial charge in [0, 0.05) is 12.6 Å². The first kappa shape index (κ1) is 17.7. The highest BCUT2D eigenvalue weighted by molar-refractivity contribution is 7.86. The molecule has 0 saturated carbocycles. The van der Waals surface area contributed by atoms with Gasteiger partial charge in [0.25, 0.3) is 10.1 Å². The monoisotopic (exact) mass is 313 g/mol. The van der Waals surface area contributed by atoms with Crippen molar-refractivity contribution < 1.29 is 17.4 Å². The van der Waals surface area contributed by atoms with Gasteiger partial charge >= 0.3 is 0 Å². The Morgan fingerprint density at radius 3 is 2.10 bits per heavy atom. The van der Waals surface area contributed by atoms with Crippen LogP contribution < -0.4 is 5.32 Å². The molecule has 0 aliphatic rings. The summed E-state index contributed by atoms with van der Waals surface area (Å²) in [4.78, 5) is 11.0. The van der Waals surface area contributed by atoms with E-state index >= 15 is 0 Å². The van der Waals surface area contributed by atoms with E-state index in [9.17, 15) is 13.2 Å². The second-order valence-electron chi connectivity index (χ2n) is 5.10. The first-order chi connectivity index (χ1) is 9.76. The van der Waals surface area contributed by atoms with Gasteiger partial charge in [-0.1, -0.05) is 38.8 Å². The SMILES string of the molecule is CCC(CC)C(OS(C)(=O)=O)c1ccc(NC(C)=O)cc1. The lowest BCUT2D eigenvalue weighted by molar-refractivity contribution is -0.114. The molecule has 1 unspecified atom stereocenters. The van der Waals surface area contributed by atoms with Crippen LogP contribution in [0.5, 0.6) is 0 Å². The molecule has 5 nitrogen and oxygen atoms in total. The molecule has 1 amide bonds. The molecule has 0 bridgehead atoms. The van der Waals surface area contributed by atoms with E-state index in [4.69, 9.17) is 4.18 Å². The molecule has 1 aromatic carbocycles. The smallest absolute Gasteiger partial charge is 0.264 e. The van der Waals surface area contributed by atoms with Gasteiger partial charge in [0.1, 0.15) is 6.10 Å². The number of anilines is 1. The normalized spacial score (nSPS) is 13.2. The molecule has 1 rings (SSSR count). The molecular formula is C15H23NO4S. The summed E-state index contributed by atoms with van der Waals surface area (Å²) >= 11 is 0. The minimum absolute atomic E-state index is 0.117. The number of carbonyl (C=O) groups excluding carboxylic acids is 1. The van der Waals surface area contributed by atoms with Crippen LogP contribution in [-0.2, 0) is 19.1 Å². The van der Waals surface area contributed by atoms with Crippen molar-refractivity contribution in [2.24, 2.45) is 5.92 Å². The summed E-state index contributed by atoms with van der Waals surface area (Å²) in [5.41, 5.74) is 1.47. The van der Waals surface area contributed by atoms with Crippen molar-refractivity contribution in [2.45, 2.75) is 39.7 Å². The molecule has 1 atom stereocenters. The van der Waals surface area contributed by atoms with Gasteiger partial charge in [-0.3, -0.25) is 8.98 Å². The Morgan fingerprint density at radius 1 is 1.19 bits per heavy atom. The van der Waals surface area contributed by atoms with E-state index < -0.39 is 16.2 Å². The molecule has 0 fully saturated rings. The van der Waals surface area contributed by atoms with Crippen molar-refractivity contribution in [3.05, 3.63) is 29.8 Å². The maximum absolute atomic E-state index is 11.5. The Balaban J connectivity index is 3.05. The molecule has 0 heterocycles. The number of carbonyl (C=O) groups is 1. The zero-order valence-corrected chi connectivity index (χ0v) is 13.7. The van der Waals surface area contributed by atoms with Gasteiger partial charge in [-0.2, -0.15) is 8.42 Å². The number of hydrogen-bond acceptors (Lipinski definition) is 4. The van der Waals surface area contributed by atoms with E-state index in [1.165, 1.54) is 6.92 Å². The minimum Gasteiger partial charge on any atom is -0.326 e. The average Bonchev–Trinajstić information content (AvgIpc) is 2.38. The number of nitrogens with one attached hydrogen (secondary N) is 1. The fourth-order valence-electron chi connectivity index (χ4n) is 2.27. The second-order valence-corrected chi connectivity index (χ2v) is 6.70. The van der Waals surface area contributed by atoms with Gasteiger partial charge in [-0.15, -0.1) is 0 Å². The van der Waals surface area contributed by atoms with Gasteiger partial charge in [-0.25, -0.2) is 0 Å². The molecule has 6 heteroatoms. The molecule has 21 heavy (non-hydrogen) atoms. The zero-order chi connectivity index (χ0) is 16.0. The van der Waals surface area contributed by atoms with Crippen LogP contribution in [0.2, 0.25) is 0 Å². The number of benzene rings is 1. The molecule has 1 aromatic rings. The van der Waals surface area contributed by atoms with Crippen molar-refractivity contribution >= 4 is 21.7 Å². The fourth-order valence-corrected chi connectivity index (χ4v) is 2.92. The highest BCUT2D eigenvalue weighted by Gasteiger charge is 2.25. The van der Waals surface area contributed by atoms with Crippen molar-refractivity contribution in [1.82, 2.24) is 0 Å². The summed E-state index contributed by atoms with van der Waals surface area (Å²) in [6.45, 7) is 5.46. The summed E-state index contributed by atoms with van der Waals surface area (Å²) in [5.74, 6) is -0.0296. The summed E-state index contributed by atoms with van der Waals surface area (Å²) < 4.78 is 28.2. The zero-order valence-electron chi connectivity index (χ0n) is 12.9. The van der Waals surface area contributed by atoms with Crippen LogP contribution in [0, 0.1) is 5.92 Å².